The van der Waals surface area contributed by atoms with Gasteiger partial charge in [0.05, 0.1) is 11.9 Å². The number of pyridine rings is 1. The Kier molecular flexibility index (Phi) is 1.24. The molecule has 1 N–H and O–H groups in total. The summed E-state index contributed by atoms with van der Waals surface area (Å²) in [5.41, 5.74) is 2.05. The largest absolute Gasteiger partial charge is 0.467 e. The minimum absolute atomic E-state index is 0.0774. The second kappa shape index (κ2) is 2.12. The second-order valence-electron chi connectivity index (χ2n) is 2.73. The van der Waals surface area contributed by atoms with Crippen LogP contribution in [0, 0.1) is 6.92 Å². The number of aryl methyl sites for hydroxylation is 1. The molecule has 1 aromatic rings. The fourth-order valence-corrected chi connectivity index (χ4v) is 1.19. The van der Waals surface area contributed by atoms with E-state index in [4.69, 9.17) is 4.74 Å². The van der Waals surface area contributed by atoms with E-state index in [1.54, 1.807) is 6.20 Å². The summed E-state index contributed by atoms with van der Waals surface area (Å²) in [6, 6.07) is 1.98. The van der Waals surface area contributed by atoms with Crippen LogP contribution in [0.3, 0.4) is 0 Å². The van der Waals surface area contributed by atoms with Gasteiger partial charge in [0, 0.05) is 5.69 Å². The van der Waals surface area contributed by atoms with Crippen LogP contribution in [0.2, 0.25) is 0 Å². The molecule has 0 aromatic carbocycles. The zero-order valence-corrected chi connectivity index (χ0v) is 6.59. The highest BCUT2D eigenvalue weighted by molar-refractivity contribution is 5.59. The molecule has 2 rings (SSSR count). The number of ether oxygens (including phenoxy) is 1. The summed E-state index contributed by atoms with van der Waals surface area (Å²) in [4.78, 5) is 4.12. The van der Waals surface area contributed by atoms with Gasteiger partial charge in [-0.25, -0.2) is 0 Å². The summed E-state index contributed by atoms with van der Waals surface area (Å²) < 4.78 is 5.39. The van der Waals surface area contributed by atoms with Crippen molar-refractivity contribution in [3.63, 3.8) is 0 Å². The van der Waals surface area contributed by atoms with Crippen molar-refractivity contribution in [2.75, 3.05) is 5.32 Å². The zero-order chi connectivity index (χ0) is 7.84. The van der Waals surface area contributed by atoms with Crippen molar-refractivity contribution >= 4 is 5.69 Å². The van der Waals surface area contributed by atoms with Crippen LogP contribution in [0.25, 0.3) is 0 Å². The van der Waals surface area contributed by atoms with Gasteiger partial charge in [-0.15, -0.1) is 0 Å². The van der Waals surface area contributed by atoms with E-state index in [0.29, 0.717) is 0 Å². The molecule has 0 spiro atoms. The molecule has 0 fully saturated rings. The van der Waals surface area contributed by atoms with Gasteiger partial charge in [-0.2, -0.15) is 0 Å². The standard InChI is InChI=1S/C8H10N2O/c1-5-3-7-8(4-9-5)11-6(2)10-7/h3-4,6,10H,1-2H3. The number of nitrogens with one attached hydrogen (secondary N) is 1. The van der Waals surface area contributed by atoms with E-state index in [2.05, 4.69) is 10.3 Å². The van der Waals surface area contributed by atoms with Gasteiger partial charge in [-0.05, 0) is 19.9 Å². The third-order valence-electron chi connectivity index (χ3n) is 1.67. The molecule has 0 aliphatic carbocycles. The number of hydrogen-bond donors (Lipinski definition) is 1. The van der Waals surface area contributed by atoms with Crippen LogP contribution in [0.15, 0.2) is 12.3 Å². The minimum atomic E-state index is 0.0774. The number of fused-ring (bicyclic) bond motifs is 1. The highest BCUT2D eigenvalue weighted by atomic mass is 16.5. The lowest BCUT2D eigenvalue weighted by molar-refractivity contribution is 0.274. The van der Waals surface area contributed by atoms with Crippen LogP contribution in [0.5, 0.6) is 5.75 Å². The SMILES string of the molecule is Cc1cc2c(cn1)OC(C)N2. The minimum Gasteiger partial charge on any atom is -0.467 e. The molecule has 1 aromatic heterocycles. The van der Waals surface area contributed by atoms with E-state index in [1.165, 1.54) is 0 Å². The Balaban J connectivity index is 2.43. The number of rotatable bonds is 0. The Morgan fingerprint density at radius 1 is 1.64 bits per heavy atom. The molecule has 11 heavy (non-hydrogen) atoms. The monoisotopic (exact) mass is 150 g/mol. The van der Waals surface area contributed by atoms with Crippen LogP contribution in [0.4, 0.5) is 5.69 Å². The van der Waals surface area contributed by atoms with Gasteiger partial charge in [0.1, 0.15) is 0 Å². The topological polar surface area (TPSA) is 34.1 Å². The maximum atomic E-state index is 5.39. The van der Waals surface area contributed by atoms with Gasteiger partial charge in [0.15, 0.2) is 12.0 Å². The predicted octanol–water partition coefficient (Wildman–Crippen LogP) is 1.54. The molecule has 3 nitrogen and oxygen atoms in total. The lowest BCUT2D eigenvalue weighted by atomic mass is 10.3. The fourth-order valence-electron chi connectivity index (χ4n) is 1.19. The van der Waals surface area contributed by atoms with E-state index in [-0.39, 0.29) is 6.23 Å². The summed E-state index contributed by atoms with van der Waals surface area (Å²) in [7, 11) is 0. The molecule has 1 aliphatic rings. The number of nitrogens with zero attached hydrogens (tertiary/aromatic N) is 1. The first-order chi connectivity index (χ1) is 5.25. The first kappa shape index (κ1) is 6.46. The van der Waals surface area contributed by atoms with E-state index < -0.39 is 0 Å². The van der Waals surface area contributed by atoms with E-state index in [1.807, 2.05) is 19.9 Å². The lowest BCUT2D eigenvalue weighted by Gasteiger charge is -2.00. The maximum absolute atomic E-state index is 5.39. The van der Waals surface area contributed by atoms with Crippen molar-refractivity contribution in [3.8, 4) is 5.75 Å². The molecule has 0 bridgehead atoms. The van der Waals surface area contributed by atoms with Gasteiger partial charge in [0.2, 0.25) is 0 Å². The Morgan fingerprint density at radius 2 is 2.45 bits per heavy atom. The Morgan fingerprint density at radius 3 is 3.27 bits per heavy atom. The Hall–Kier alpha value is -1.25. The molecule has 1 aliphatic heterocycles. The molecule has 58 valence electrons. The average Bonchev–Trinajstić information content (AvgIpc) is 2.27. The van der Waals surface area contributed by atoms with Crippen LogP contribution >= 0.6 is 0 Å². The fraction of sp³-hybridized carbons (Fsp3) is 0.375. The highest BCUT2D eigenvalue weighted by Crippen LogP contribution is 2.30. The smallest absolute Gasteiger partial charge is 0.167 e. The molecular weight excluding hydrogens is 140 g/mol. The number of aromatic nitrogens is 1. The summed E-state index contributed by atoms with van der Waals surface area (Å²) >= 11 is 0. The second-order valence-corrected chi connectivity index (χ2v) is 2.73. The summed E-state index contributed by atoms with van der Waals surface area (Å²) in [5, 5.41) is 3.18. The van der Waals surface area contributed by atoms with Crippen LogP contribution < -0.4 is 10.1 Å². The van der Waals surface area contributed by atoms with Crippen molar-refractivity contribution in [1.29, 1.82) is 0 Å². The third-order valence-corrected chi connectivity index (χ3v) is 1.67. The molecule has 0 saturated heterocycles. The third kappa shape index (κ3) is 1.02. The van der Waals surface area contributed by atoms with Crippen LogP contribution in [-0.4, -0.2) is 11.2 Å². The Bertz CT molecular complexity index is 285. The van der Waals surface area contributed by atoms with E-state index in [0.717, 1.165) is 17.1 Å². The van der Waals surface area contributed by atoms with Gasteiger partial charge in [-0.1, -0.05) is 0 Å². The van der Waals surface area contributed by atoms with E-state index in [9.17, 15) is 0 Å². The number of hydrogen-bond acceptors (Lipinski definition) is 3. The summed E-state index contributed by atoms with van der Waals surface area (Å²) in [5.74, 6) is 0.850. The maximum Gasteiger partial charge on any atom is 0.167 e. The van der Waals surface area contributed by atoms with E-state index >= 15 is 0 Å². The first-order valence-corrected chi connectivity index (χ1v) is 3.65. The summed E-state index contributed by atoms with van der Waals surface area (Å²) in [6.07, 6.45) is 1.83. The average molecular weight is 150 g/mol. The molecule has 2 heterocycles. The molecule has 1 unspecified atom stereocenters. The van der Waals surface area contributed by atoms with Crippen molar-refractivity contribution in [2.45, 2.75) is 20.1 Å². The van der Waals surface area contributed by atoms with Crippen molar-refractivity contribution in [3.05, 3.63) is 18.0 Å². The first-order valence-electron chi connectivity index (χ1n) is 3.65. The molecule has 0 radical (unpaired) electrons. The molecule has 0 saturated carbocycles. The lowest BCUT2D eigenvalue weighted by Crippen LogP contribution is -2.13. The molecule has 1 atom stereocenters. The van der Waals surface area contributed by atoms with Crippen molar-refractivity contribution < 1.29 is 4.74 Å². The molecule has 3 heteroatoms. The van der Waals surface area contributed by atoms with Gasteiger partial charge < -0.3 is 10.1 Å². The number of anilines is 1. The highest BCUT2D eigenvalue weighted by Gasteiger charge is 2.17. The molecule has 0 amide bonds. The van der Waals surface area contributed by atoms with Crippen LogP contribution in [0.1, 0.15) is 12.6 Å². The normalized spacial score (nSPS) is 20.4. The quantitative estimate of drug-likeness (QED) is 0.609. The van der Waals surface area contributed by atoms with Gasteiger partial charge >= 0.3 is 0 Å². The zero-order valence-electron chi connectivity index (χ0n) is 6.59. The molecular formula is C8H10N2O. The van der Waals surface area contributed by atoms with Crippen molar-refractivity contribution in [1.82, 2.24) is 4.98 Å². The van der Waals surface area contributed by atoms with Crippen LogP contribution in [-0.2, 0) is 0 Å². The van der Waals surface area contributed by atoms with Gasteiger partial charge in [-0.3, -0.25) is 4.98 Å². The van der Waals surface area contributed by atoms with Gasteiger partial charge in [0.25, 0.3) is 0 Å². The summed E-state index contributed by atoms with van der Waals surface area (Å²) in [6.45, 7) is 3.93. The Labute approximate surface area is 65.4 Å². The van der Waals surface area contributed by atoms with Crippen molar-refractivity contribution in [2.24, 2.45) is 0 Å². The predicted molar refractivity (Wildman–Crippen MR) is 42.7 cm³/mol.